The van der Waals surface area contributed by atoms with Crippen molar-refractivity contribution in [2.24, 2.45) is 5.73 Å². The van der Waals surface area contributed by atoms with Gasteiger partial charge in [-0.05, 0) is 31.9 Å². The quantitative estimate of drug-likeness (QED) is 0.581. The largest absolute Gasteiger partial charge is 0.481 e. The number of carbonyl (C=O) groups is 2. The van der Waals surface area contributed by atoms with Crippen LogP contribution in [0.3, 0.4) is 0 Å². The first-order valence-corrected chi connectivity index (χ1v) is 11.1. The first kappa shape index (κ1) is 21.0. The maximum atomic E-state index is 11.9. The van der Waals surface area contributed by atoms with Gasteiger partial charge in [-0.3, -0.25) is 9.59 Å². The van der Waals surface area contributed by atoms with E-state index in [4.69, 9.17) is 15.5 Å². The smallest absolute Gasteiger partial charge is 0.250 e. The summed E-state index contributed by atoms with van der Waals surface area (Å²) in [5.41, 5.74) is 9.44. The molecule has 4 rings (SSSR count). The van der Waals surface area contributed by atoms with Gasteiger partial charge in [0.05, 0.1) is 24.1 Å². The summed E-state index contributed by atoms with van der Waals surface area (Å²) in [6, 6.07) is 5.53. The fourth-order valence-electron chi connectivity index (χ4n) is 3.91. The van der Waals surface area contributed by atoms with Crippen molar-refractivity contribution in [2.75, 3.05) is 20.2 Å². The lowest BCUT2D eigenvalue weighted by Gasteiger charge is -2.17. The maximum absolute atomic E-state index is 11.9. The van der Waals surface area contributed by atoms with E-state index in [1.54, 1.807) is 19.4 Å². The minimum atomic E-state index is -0.456. The number of amides is 2. The zero-order valence-electron chi connectivity index (χ0n) is 17.6. The van der Waals surface area contributed by atoms with Crippen molar-refractivity contribution >= 4 is 23.2 Å². The number of likely N-dealkylation sites (tertiary alicyclic amines) is 1. The van der Waals surface area contributed by atoms with E-state index in [9.17, 15) is 9.59 Å². The van der Waals surface area contributed by atoms with Crippen LogP contribution in [-0.4, -0.2) is 51.4 Å². The molecule has 1 fully saturated rings. The molecule has 9 heteroatoms. The van der Waals surface area contributed by atoms with Crippen molar-refractivity contribution < 1.29 is 14.3 Å². The summed E-state index contributed by atoms with van der Waals surface area (Å²) in [6.07, 6.45) is 4.10. The van der Waals surface area contributed by atoms with Gasteiger partial charge < -0.3 is 19.9 Å². The molecule has 0 atom stereocenters. The highest BCUT2D eigenvalue weighted by molar-refractivity contribution is 7.13. The van der Waals surface area contributed by atoms with Crippen LogP contribution in [0.15, 0.2) is 29.8 Å². The molecule has 31 heavy (non-hydrogen) atoms. The minimum absolute atomic E-state index is 0.222. The topological polar surface area (TPSA) is 103 Å². The predicted molar refractivity (Wildman–Crippen MR) is 119 cm³/mol. The van der Waals surface area contributed by atoms with Gasteiger partial charge in [-0.1, -0.05) is 0 Å². The number of hydrogen-bond donors (Lipinski definition) is 1. The molecule has 0 aromatic carbocycles. The number of methoxy groups -OCH3 is 1. The summed E-state index contributed by atoms with van der Waals surface area (Å²) in [7, 11) is 1.58. The molecule has 0 unspecified atom stereocenters. The summed E-state index contributed by atoms with van der Waals surface area (Å²) in [6.45, 7) is 4.11. The van der Waals surface area contributed by atoms with Crippen molar-refractivity contribution in [3.05, 3.63) is 41.0 Å². The summed E-state index contributed by atoms with van der Waals surface area (Å²) in [5, 5.41) is 2.80. The number of pyridine rings is 1. The lowest BCUT2D eigenvalue weighted by molar-refractivity contribution is -0.127. The van der Waals surface area contributed by atoms with Crippen LogP contribution >= 0.6 is 11.3 Å². The molecule has 0 radical (unpaired) electrons. The van der Waals surface area contributed by atoms with Crippen molar-refractivity contribution in [1.82, 2.24) is 19.4 Å². The van der Waals surface area contributed by atoms with Crippen LogP contribution in [0.5, 0.6) is 5.88 Å². The minimum Gasteiger partial charge on any atom is -0.481 e. The van der Waals surface area contributed by atoms with Gasteiger partial charge in [0.2, 0.25) is 11.8 Å². The first-order chi connectivity index (χ1) is 15.0. The SMILES string of the molecule is COc1ccc(-c2nc(-c3cc(C(N)=O)c(C)n3CCCN3CCCC3=O)cs2)cn1. The van der Waals surface area contributed by atoms with Gasteiger partial charge in [-0.15, -0.1) is 11.3 Å². The molecule has 0 saturated carbocycles. The van der Waals surface area contributed by atoms with Gasteiger partial charge in [-0.2, -0.15) is 0 Å². The third kappa shape index (κ3) is 4.32. The third-order valence-electron chi connectivity index (χ3n) is 5.57. The molecular formula is C22H25N5O3S. The Balaban J connectivity index is 1.59. The van der Waals surface area contributed by atoms with Gasteiger partial charge in [0, 0.05) is 55.0 Å². The zero-order chi connectivity index (χ0) is 22.0. The van der Waals surface area contributed by atoms with Crippen LogP contribution in [0.25, 0.3) is 22.0 Å². The molecule has 2 N–H and O–H groups in total. The number of primary amides is 1. The lowest BCUT2D eigenvalue weighted by Crippen LogP contribution is -2.26. The summed E-state index contributed by atoms with van der Waals surface area (Å²) in [4.78, 5) is 34.8. The summed E-state index contributed by atoms with van der Waals surface area (Å²) in [5.74, 6) is 0.314. The highest BCUT2D eigenvalue weighted by atomic mass is 32.1. The molecule has 3 aromatic heterocycles. The van der Waals surface area contributed by atoms with E-state index < -0.39 is 5.91 Å². The van der Waals surface area contributed by atoms with Gasteiger partial charge in [-0.25, -0.2) is 9.97 Å². The Bertz CT molecular complexity index is 1100. The molecule has 8 nitrogen and oxygen atoms in total. The molecule has 162 valence electrons. The van der Waals surface area contributed by atoms with E-state index >= 15 is 0 Å². The average Bonchev–Trinajstić information content (AvgIpc) is 3.48. The van der Waals surface area contributed by atoms with Crippen LogP contribution in [0.4, 0.5) is 0 Å². The third-order valence-corrected chi connectivity index (χ3v) is 6.46. The number of ether oxygens (including phenoxy) is 1. The van der Waals surface area contributed by atoms with E-state index in [-0.39, 0.29) is 5.91 Å². The summed E-state index contributed by atoms with van der Waals surface area (Å²) < 4.78 is 7.19. The van der Waals surface area contributed by atoms with E-state index in [1.165, 1.54) is 11.3 Å². The Labute approximate surface area is 184 Å². The lowest BCUT2D eigenvalue weighted by atomic mass is 10.2. The standard InChI is InChI=1S/C22H25N5O3S/c1-14-16(21(23)29)11-18(27(14)10-4-9-26-8-3-5-20(26)28)17-13-31-22(25-17)15-6-7-19(30-2)24-12-15/h6-7,11-13H,3-5,8-10H2,1-2H3,(H2,23,29). The van der Waals surface area contributed by atoms with Crippen LogP contribution in [-0.2, 0) is 11.3 Å². The molecule has 0 aliphatic carbocycles. The Kier molecular flexibility index (Phi) is 6.03. The Hall–Kier alpha value is -3.20. The number of nitrogens with zero attached hydrogens (tertiary/aromatic N) is 4. The number of nitrogens with two attached hydrogens (primary N) is 1. The zero-order valence-corrected chi connectivity index (χ0v) is 18.4. The average molecular weight is 440 g/mol. The van der Waals surface area contributed by atoms with Crippen molar-refractivity contribution in [1.29, 1.82) is 0 Å². The molecule has 0 spiro atoms. The number of rotatable bonds is 8. The second-order valence-electron chi connectivity index (χ2n) is 7.51. The van der Waals surface area contributed by atoms with Gasteiger partial charge in [0.25, 0.3) is 5.91 Å². The normalized spacial score (nSPS) is 13.7. The second-order valence-corrected chi connectivity index (χ2v) is 8.37. The number of thiazole rings is 1. The van der Waals surface area contributed by atoms with E-state index in [2.05, 4.69) is 9.55 Å². The number of aromatic nitrogens is 3. The Morgan fingerprint density at radius 2 is 2.16 bits per heavy atom. The molecule has 1 aliphatic rings. The Morgan fingerprint density at radius 1 is 1.32 bits per heavy atom. The molecule has 3 aromatic rings. The van der Waals surface area contributed by atoms with Crippen LogP contribution in [0, 0.1) is 6.92 Å². The van der Waals surface area contributed by atoms with E-state index in [1.807, 2.05) is 29.3 Å². The first-order valence-electron chi connectivity index (χ1n) is 10.2. The van der Waals surface area contributed by atoms with Gasteiger partial charge in [0.1, 0.15) is 5.01 Å². The van der Waals surface area contributed by atoms with Crippen LogP contribution < -0.4 is 10.5 Å². The maximum Gasteiger partial charge on any atom is 0.250 e. The highest BCUT2D eigenvalue weighted by Gasteiger charge is 2.21. The number of carbonyl (C=O) groups excluding carboxylic acids is 2. The highest BCUT2D eigenvalue weighted by Crippen LogP contribution is 2.32. The fourth-order valence-corrected chi connectivity index (χ4v) is 4.71. The molecule has 0 bridgehead atoms. The van der Waals surface area contributed by atoms with Crippen molar-refractivity contribution in [2.45, 2.75) is 32.7 Å². The predicted octanol–water partition coefficient (Wildman–Crippen LogP) is 3.10. The van der Waals surface area contributed by atoms with E-state index in [0.717, 1.165) is 47.0 Å². The molecule has 2 amide bonds. The molecular weight excluding hydrogens is 414 g/mol. The molecule has 1 aliphatic heterocycles. The second kappa shape index (κ2) is 8.89. The monoisotopic (exact) mass is 439 g/mol. The van der Waals surface area contributed by atoms with Crippen molar-refractivity contribution in [3.8, 4) is 27.8 Å². The molecule has 1 saturated heterocycles. The fraction of sp³-hybridized carbons (Fsp3) is 0.364. The van der Waals surface area contributed by atoms with Crippen LogP contribution in [0.1, 0.15) is 35.3 Å². The van der Waals surface area contributed by atoms with Crippen molar-refractivity contribution in [3.63, 3.8) is 0 Å². The van der Waals surface area contributed by atoms with Gasteiger partial charge >= 0.3 is 0 Å². The Morgan fingerprint density at radius 3 is 2.81 bits per heavy atom. The van der Waals surface area contributed by atoms with E-state index in [0.29, 0.717) is 31.0 Å². The van der Waals surface area contributed by atoms with Gasteiger partial charge in [0.15, 0.2) is 0 Å². The number of hydrogen-bond acceptors (Lipinski definition) is 6. The van der Waals surface area contributed by atoms with Crippen LogP contribution in [0.2, 0.25) is 0 Å². The molecule has 4 heterocycles. The summed E-state index contributed by atoms with van der Waals surface area (Å²) >= 11 is 1.51.